The molecule has 3 rings (SSSR count). The van der Waals surface area contributed by atoms with Crippen LogP contribution in [-0.4, -0.2) is 15.0 Å². The highest BCUT2D eigenvalue weighted by molar-refractivity contribution is 9.10. The molecular weight excluding hydrogens is 242 g/mol. The minimum atomic E-state index is 0.646. The van der Waals surface area contributed by atoms with E-state index in [4.69, 9.17) is 0 Å². The van der Waals surface area contributed by atoms with Crippen molar-refractivity contribution in [2.24, 2.45) is 0 Å². The number of hydrogen-bond acceptors (Lipinski definition) is 2. The van der Waals surface area contributed by atoms with E-state index in [1.807, 2.05) is 6.20 Å². The van der Waals surface area contributed by atoms with Gasteiger partial charge in [-0.3, -0.25) is 0 Å². The molecule has 1 fully saturated rings. The van der Waals surface area contributed by atoms with Gasteiger partial charge in [-0.1, -0.05) is 6.42 Å². The number of H-pyrrole nitrogens is 1. The van der Waals surface area contributed by atoms with Crippen molar-refractivity contribution in [3.8, 4) is 0 Å². The van der Waals surface area contributed by atoms with E-state index in [2.05, 4.69) is 30.9 Å². The van der Waals surface area contributed by atoms with Crippen molar-refractivity contribution in [3.63, 3.8) is 0 Å². The fourth-order valence-corrected chi connectivity index (χ4v) is 2.44. The van der Waals surface area contributed by atoms with Crippen LogP contribution in [0.15, 0.2) is 17.0 Å². The molecule has 72 valence electrons. The van der Waals surface area contributed by atoms with Crippen molar-refractivity contribution in [1.29, 1.82) is 0 Å². The maximum absolute atomic E-state index is 4.40. The van der Waals surface area contributed by atoms with Gasteiger partial charge >= 0.3 is 0 Å². The molecule has 1 aliphatic carbocycles. The number of aromatic nitrogens is 3. The molecule has 1 saturated carbocycles. The molecule has 2 aromatic heterocycles. The second-order valence-electron chi connectivity index (χ2n) is 3.75. The van der Waals surface area contributed by atoms with E-state index in [1.54, 1.807) is 6.33 Å². The molecule has 0 unspecified atom stereocenters. The summed E-state index contributed by atoms with van der Waals surface area (Å²) in [5.74, 6) is 0.646. The molecule has 0 bridgehead atoms. The number of rotatable bonds is 1. The van der Waals surface area contributed by atoms with Crippen LogP contribution in [0.3, 0.4) is 0 Å². The van der Waals surface area contributed by atoms with Crippen LogP contribution in [0.4, 0.5) is 0 Å². The lowest BCUT2D eigenvalue weighted by atomic mass is 9.82. The highest BCUT2D eigenvalue weighted by Crippen LogP contribution is 2.39. The summed E-state index contributed by atoms with van der Waals surface area (Å²) in [4.78, 5) is 11.7. The molecule has 1 N–H and O–H groups in total. The van der Waals surface area contributed by atoms with E-state index in [9.17, 15) is 0 Å². The number of nitrogens with one attached hydrogen (secondary N) is 1. The zero-order valence-corrected chi connectivity index (χ0v) is 9.21. The monoisotopic (exact) mass is 251 g/mol. The molecule has 0 atom stereocenters. The summed E-state index contributed by atoms with van der Waals surface area (Å²) in [5.41, 5.74) is 2.14. The van der Waals surface area contributed by atoms with Crippen molar-refractivity contribution in [2.45, 2.75) is 25.2 Å². The summed E-state index contributed by atoms with van der Waals surface area (Å²) in [5, 5.41) is 1.16. The molecule has 2 heterocycles. The summed E-state index contributed by atoms with van der Waals surface area (Å²) >= 11 is 3.53. The quantitative estimate of drug-likeness (QED) is 0.847. The summed E-state index contributed by atoms with van der Waals surface area (Å²) in [6, 6.07) is 0. The third-order valence-corrected chi connectivity index (χ3v) is 3.57. The molecule has 0 spiro atoms. The van der Waals surface area contributed by atoms with Gasteiger partial charge in [0, 0.05) is 16.6 Å². The third-order valence-electron chi connectivity index (χ3n) is 2.94. The van der Waals surface area contributed by atoms with E-state index in [0.29, 0.717) is 5.92 Å². The van der Waals surface area contributed by atoms with Gasteiger partial charge in [-0.25, -0.2) is 9.97 Å². The summed E-state index contributed by atoms with van der Waals surface area (Å²) in [6.07, 6.45) is 7.45. The van der Waals surface area contributed by atoms with Crippen molar-refractivity contribution in [3.05, 3.63) is 22.7 Å². The van der Waals surface area contributed by atoms with Gasteiger partial charge in [-0.2, -0.15) is 0 Å². The number of fused-ring (bicyclic) bond motifs is 1. The van der Waals surface area contributed by atoms with E-state index in [-0.39, 0.29) is 0 Å². The van der Waals surface area contributed by atoms with Gasteiger partial charge in [0.2, 0.25) is 0 Å². The first-order valence-corrected chi connectivity index (χ1v) is 5.63. The van der Waals surface area contributed by atoms with Crippen molar-refractivity contribution < 1.29 is 0 Å². The smallest absolute Gasteiger partial charge is 0.142 e. The Labute approximate surface area is 90.1 Å². The zero-order chi connectivity index (χ0) is 9.54. The number of aromatic amines is 1. The van der Waals surface area contributed by atoms with Crippen LogP contribution in [0, 0.1) is 0 Å². The molecule has 0 aliphatic heterocycles. The lowest BCUT2D eigenvalue weighted by Gasteiger charge is -2.25. The largest absolute Gasteiger partial charge is 0.345 e. The Hall–Kier alpha value is -0.900. The lowest BCUT2D eigenvalue weighted by Crippen LogP contribution is -2.11. The van der Waals surface area contributed by atoms with Gasteiger partial charge < -0.3 is 4.98 Å². The van der Waals surface area contributed by atoms with Crippen LogP contribution in [0.2, 0.25) is 0 Å². The molecule has 14 heavy (non-hydrogen) atoms. The molecule has 3 nitrogen and oxygen atoms in total. The predicted octanol–water partition coefficient (Wildman–Crippen LogP) is 2.99. The van der Waals surface area contributed by atoms with Gasteiger partial charge in [0.05, 0.1) is 11.1 Å². The molecule has 2 aromatic rings. The van der Waals surface area contributed by atoms with E-state index in [0.717, 1.165) is 15.5 Å². The molecule has 4 heteroatoms. The van der Waals surface area contributed by atoms with Crippen LogP contribution in [-0.2, 0) is 0 Å². The Morgan fingerprint density at radius 2 is 2.21 bits per heavy atom. The second kappa shape index (κ2) is 3.05. The Morgan fingerprint density at radius 1 is 1.36 bits per heavy atom. The van der Waals surface area contributed by atoms with E-state index in [1.165, 1.54) is 25.0 Å². The predicted molar refractivity (Wildman–Crippen MR) is 58.2 cm³/mol. The Balaban J connectivity index is 2.25. The maximum Gasteiger partial charge on any atom is 0.142 e. The zero-order valence-electron chi connectivity index (χ0n) is 7.63. The maximum atomic E-state index is 4.40. The number of nitrogens with zero attached hydrogens (tertiary/aromatic N) is 2. The fraction of sp³-hybridized carbons (Fsp3) is 0.400. The topological polar surface area (TPSA) is 41.6 Å². The Kier molecular flexibility index (Phi) is 1.83. The van der Waals surface area contributed by atoms with Gasteiger partial charge in [-0.15, -0.1) is 0 Å². The second-order valence-corrected chi connectivity index (χ2v) is 4.60. The van der Waals surface area contributed by atoms with Crippen LogP contribution in [0.25, 0.3) is 11.0 Å². The van der Waals surface area contributed by atoms with Crippen molar-refractivity contribution in [2.75, 3.05) is 0 Å². The van der Waals surface area contributed by atoms with Crippen LogP contribution >= 0.6 is 15.9 Å². The minimum absolute atomic E-state index is 0.646. The fourth-order valence-electron chi connectivity index (χ4n) is 1.94. The number of halogens is 1. The molecule has 1 aliphatic rings. The molecular formula is C10H10BrN3. The highest BCUT2D eigenvalue weighted by Gasteiger charge is 2.24. The van der Waals surface area contributed by atoms with Crippen molar-refractivity contribution in [1.82, 2.24) is 15.0 Å². The normalized spacial score (nSPS) is 17.2. The third kappa shape index (κ3) is 1.10. The highest BCUT2D eigenvalue weighted by atomic mass is 79.9. The van der Waals surface area contributed by atoms with Gasteiger partial charge in [0.25, 0.3) is 0 Å². The van der Waals surface area contributed by atoms with E-state index >= 15 is 0 Å². The number of hydrogen-bond donors (Lipinski definition) is 1. The summed E-state index contributed by atoms with van der Waals surface area (Å²) in [7, 11) is 0. The molecule has 0 aromatic carbocycles. The molecule has 0 saturated heterocycles. The Morgan fingerprint density at radius 3 is 2.93 bits per heavy atom. The summed E-state index contributed by atoms with van der Waals surface area (Å²) < 4.78 is 1.08. The Bertz CT molecular complexity index is 473. The van der Waals surface area contributed by atoms with Gasteiger partial charge in [0.15, 0.2) is 0 Å². The average molecular weight is 252 g/mol. The van der Waals surface area contributed by atoms with Crippen LogP contribution in [0.5, 0.6) is 0 Å². The first-order valence-electron chi connectivity index (χ1n) is 4.84. The SMILES string of the molecule is Brc1c[nH]c2ncnc(C3CCC3)c12. The standard InChI is InChI=1S/C10H10BrN3/c11-7-4-12-10-8(7)9(13-5-14-10)6-2-1-3-6/h4-6H,1-3H2,(H,12,13,14). The lowest BCUT2D eigenvalue weighted by molar-refractivity contribution is 0.413. The van der Waals surface area contributed by atoms with Gasteiger partial charge in [-0.05, 0) is 28.8 Å². The first-order chi connectivity index (χ1) is 6.86. The summed E-state index contributed by atoms with van der Waals surface area (Å²) in [6.45, 7) is 0. The van der Waals surface area contributed by atoms with E-state index < -0.39 is 0 Å². The average Bonchev–Trinajstić information content (AvgIpc) is 2.46. The van der Waals surface area contributed by atoms with Gasteiger partial charge in [0.1, 0.15) is 12.0 Å². The van der Waals surface area contributed by atoms with Crippen LogP contribution in [0.1, 0.15) is 30.9 Å². The minimum Gasteiger partial charge on any atom is -0.345 e. The van der Waals surface area contributed by atoms with Crippen molar-refractivity contribution >= 4 is 27.0 Å². The molecule has 0 radical (unpaired) electrons. The first kappa shape index (κ1) is 8.41. The van der Waals surface area contributed by atoms with Crippen LogP contribution < -0.4 is 0 Å². The molecule has 0 amide bonds.